The molecule has 116 valence electrons. The van der Waals surface area contributed by atoms with Gasteiger partial charge >= 0.3 is 0 Å². The van der Waals surface area contributed by atoms with E-state index in [0.29, 0.717) is 11.3 Å². The minimum atomic E-state index is -0.0879. The molecule has 4 nitrogen and oxygen atoms in total. The zero-order valence-electron chi connectivity index (χ0n) is 13.1. The van der Waals surface area contributed by atoms with Gasteiger partial charge in [0.25, 0.3) is 5.91 Å². The van der Waals surface area contributed by atoms with Crippen molar-refractivity contribution in [1.29, 1.82) is 0 Å². The zero-order chi connectivity index (χ0) is 15.9. The predicted molar refractivity (Wildman–Crippen MR) is 90.8 cm³/mol. The lowest BCUT2D eigenvalue weighted by molar-refractivity contribution is 0.0930. The fraction of sp³-hybridized carbons (Fsp3) is 0.278. The topological polar surface area (TPSA) is 58.4 Å². The summed E-state index contributed by atoms with van der Waals surface area (Å²) in [5.41, 5.74) is 8.15. The minimum absolute atomic E-state index is 0.0475. The molecule has 1 unspecified atom stereocenters. The Bertz CT molecular complexity index is 611. The maximum atomic E-state index is 12.4. The second-order valence-corrected chi connectivity index (χ2v) is 5.75. The summed E-state index contributed by atoms with van der Waals surface area (Å²) in [5.74, 6) is -0.0879. The number of likely N-dealkylation sites (N-methyl/N-ethyl adjacent to an activating group) is 1. The van der Waals surface area contributed by atoms with Crippen molar-refractivity contribution in [2.24, 2.45) is 0 Å². The van der Waals surface area contributed by atoms with E-state index in [-0.39, 0.29) is 11.9 Å². The third-order valence-electron chi connectivity index (χ3n) is 3.39. The van der Waals surface area contributed by atoms with Crippen LogP contribution in [0.3, 0.4) is 0 Å². The summed E-state index contributed by atoms with van der Waals surface area (Å²) in [6.07, 6.45) is 0.799. The fourth-order valence-electron chi connectivity index (χ4n) is 2.45. The van der Waals surface area contributed by atoms with E-state index in [4.69, 9.17) is 5.73 Å². The molecule has 0 fully saturated rings. The summed E-state index contributed by atoms with van der Waals surface area (Å²) in [4.78, 5) is 14.5. The third-order valence-corrected chi connectivity index (χ3v) is 3.39. The smallest absolute Gasteiger partial charge is 0.251 e. The molecule has 0 aromatic heterocycles. The lowest BCUT2D eigenvalue weighted by Gasteiger charge is -2.22. The van der Waals surface area contributed by atoms with Crippen LogP contribution in [-0.4, -0.2) is 37.5 Å². The fourth-order valence-corrected chi connectivity index (χ4v) is 2.45. The van der Waals surface area contributed by atoms with Crippen molar-refractivity contribution in [1.82, 2.24) is 10.2 Å². The monoisotopic (exact) mass is 297 g/mol. The van der Waals surface area contributed by atoms with E-state index in [2.05, 4.69) is 22.3 Å². The number of hydrogen-bond donors (Lipinski definition) is 2. The average molecular weight is 297 g/mol. The molecule has 22 heavy (non-hydrogen) atoms. The van der Waals surface area contributed by atoms with E-state index in [0.717, 1.165) is 13.0 Å². The highest BCUT2D eigenvalue weighted by atomic mass is 16.1. The molecule has 2 aromatic carbocycles. The Kier molecular flexibility index (Phi) is 5.55. The number of carbonyl (C=O) groups excluding carboxylic acids is 1. The lowest BCUT2D eigenvalue weighted by atomic mass is 10.0. The first-order valence-electron chi connectivity index (χ1n) is 7.39. The average Bonchev–Trinajstić information content (AvgIpc) is 2.47. The molecule has 0 radical (unpaired) electrons. The first kappa shape index (κ1) is 16.0. The van der Waals surface area contributed by atoms with Crippen molar-refractivity contribution in [3.8, 4) is 0 Å². The quantitative estimate of drug-likeness (QED) is 0.803. The van der Waals surface area contributed by atoms with Gasteiger partial charge in [0, 0.05) is 23.8 Å². The largest absolute Gasteiger partial charge is 0.399 e. The summed E-state index contributed by atoms with van der Waals surface area (Å²) < 4.78 is 0. The SMILES string of the molecule is CN(C)CC(Cc1ccccc1)NC(=O)c1cccc(N)c1. The van der Waals surface area contributed by atoms with Gasteiger partial charge in [0.05, 0.1) is 0 Å². The van der Waals surface area contributed by atoms with Crippen LogP contribution in [0.1, 0.15) is 15.9 Å². The molecule has 0 spiro atoms. The van der Waals surface area contributed by atoms with Crippen molar-refractivity contribution in [3.63, 3.8) is 0 Å². The van der Waals surface area contributed by atoms with Crippen LogP contribution in [0, 0.1) is 0 Å². The Morgan fingerprint density at radius 3 is 2.50 bits per heavy atom. The van der Waals surface area contributed by atoms with E-state index in [1.165, 1.54) is 5.56 Å². The highest BCUT2D eigenvalue weighted by molar-refractivity contribution is 5.95. The molecular formula is C18H23N3O. The zero-order valence-corrected chi connectivity index (χ0v) is 13.1. The van der Waals surface area contributed by atoms with Gasteiger partial charge in [-0.05, 0) is 44.3 Å². The summed E-state index contributed by atoms with van der Waals surface area (Å²) in [6, 6.07) is 17.3. The summed E-state index contributed by atoms with van der Waals surface area (Å²) in [6.45, 7) is 0.781. The summed E-state index contributed by atoms with van der Waals surface area (Å²) >= 11 is 0. The number of anilines is 1. The molecule has 0 saturated heterocycles. The molecule has 0 aliphatic carbocycles. The highest BCUT2D eigenvalue weighted by Crippen LogP contribution is 2.09. The van der Waals surface area contributed by atoms with Crippen LogP contribution >= 0.6 is 0 Å². The van der Waals surface area contributed by atoms with Crippen LogP contribution in [0.4, 0.5) is 5.69 Å². The standard InChI is InChI=1S/C18H23N3O/c1-21(2)13-17(11-14-7-4-3-5-8-14)20-18(22)15-9-6-10-16(19)12-15/h3-10,12,17H,11,13,19H2,1-2H3,(H,20,22). The van der Waals surface area contributed by atoms with Gasteiger partial charge in [-0.15, -0.1) is 0 Å². The van der Waals surface area contributed by atoms with Crippen LogP contribution in [0.2, 0.25) is 0 Å². The molecule has 4 heteroatoms. The normalized spacial score (nSPS) is 12.1. The van der Waals surface area contributed by atoms with Gasteiger partial charge in [-0.25, -0.2) is 0 Å². The Morgan fingerprint density at radius 2 is 1.86 bits per heavy atom. The number of carbonyl (C=O) groups is 1. The Morgan fingerprint density at radius 1 is 1.14 bits per heavy atom. The molecule has 0 aliphatic rings. The maximum absolute atomic E-state index is 12.4. The third kappa shape index (κ3) is 4.90. The van der Waals surface area contributed by atoms with Crippen LogP contribution in [0.25, 0.3) is 0 Å². The van der Waals surface area contributed by atoms with Crippen molar-refractivity contribution < 1.29 is 4.79 Å². The number of hydrogen-bond acceptors (Lipinski definition) is 3. The van der Waals surface area contributed by atoms with E-state index in [9.17, 15) is 4.79 Å². The van der Waals surface area contributed by atoms with Crippen LogP contribution in [-0.2, 0) is 6.42 Å². The molecule has 2 rings (SSSR count). The molecular weight excluding hydrogens is 274 g/mol. The molecule has 3 N–H and O–H groups in total. The number of nitrogen functional groups attached to an aromatic ring is 1. The van der Waals surface area contributed by atoms with Crippen molar-refractivity contribution in [2.75, 3.05) is 26.4 Å². The van der Waals surface area contributed by atoms with Gasteiger partial charge in [0.2, 0.25) is 0 Å². The van der Waals surface area contributed by atoms with Gasteiger partial charge < -0.3 is 16.0 Å². The van der Waals surface area contributed by atoms with Gasteiger partial charge in [-0.2, -0.15) is 0 Å². The molecule has 0 aliphatic heterocycles. The number of nitrogens with two attached hydrogens (primary N) is 1. The second kappa shape index (κ2) is 7.61. The Balaban J connectivity index is 2.07. The van der Waals surface area contributed by atoms with E-state index < -0.39 is 0 Å². The first-order valence-corrected chi connectivity index (χ1v) is 7.39. The van der Waals surface area contributed by atoms with Gasteiger partial charge in [0.15, 0.2) is 0 Å². The van der Waals surface area contributed by atoms with E-state index >= 15 is 0 Å². The molecule has 0 heterocycles. The van der Waals surface area contributed by atoms with Crippen molar-refractivity contribution in [3.05, 3.63) is 65.7 Å². The molecule has 2 aromatic rings. The van der Waals surface area contributed by atoms with Gasteiger partial charge in [-0.3, -0.25) is 4.79 Å². The number of nitrogens with one attached hydrogen (secondary N) is 1. The second-order valence-electron chi connectivity index (χ2n) is 5.75. The number of nitrogens with zero attached hydrogens (tertiary/aromatic N) is 1. The lowest BCUT2D eigenvalue weighted by Crippen LogP contribution is -2.43. The van der Waals surface area contributed by atoms with Crippen LogP contribution in [0.5, 0.6) is 0 Å². The van der Waals surface area contributed by atoms with Gasteiger partial charge in [0.1, 0.15) is 0 Å². The molecule has 0 saturated carbocycles. The number of benzene rings is 2. The molecule has 1 atom stereocenters. The summed E-state index contributed by atoms with van der Waals surface area (Å²) in [5, 5.41) is 3.10. The molecule has 1 amide bonds. The van der Waals surface area contributed by atoms with Gasteiger partial charge in [-0.1, -0.05) is 36.4 Å². The van der Waals surface area contributed by atoms with E-state index in [1.54, 1.807) is 24.3 Å². The van der Waals surface area contributed by atoms with Crippen LogP contribution < -0.4 is 11.1 Å². The number of rotatable bonds is 6. The van der Waals surface area contributed by atoms with Crippen LogP contribution in [0.15, 0.2) is 54.6 Å². The minimum Gasteiger partial charge on any atom is -0.399 e. The maximum Gasteiger partial charge on any atom is 0.251 e. The molecule has 0 bridgehead atoms. The highest BCUT2D eigenvalue weighted by Gasteiger charge is 2.15. The number of amides is 1. The Hall–Kier alpha value is -2.33. The van der Waals surface area contributed by atoms with Crippen molar-refractivity contribution in [2.45, 2.75) is 12.5 Å². The predicted octanol–water partition coefficient (Wildman–Crippen LogP) is 2.17. The van der Waals surface area contributed by atoms with E-state index in [1.807, 2.05) is 32.3 Å². The Labute approximate surface area is 131 Å². The summed E-state index contributed by atoms with van der Waals surface area (Å²) in [7, 11) is 4.01. The first-order chi connectivity index (χ1) is 10.5. The van der Waals surface area contributed by atoms with Crippen molar-refractivity contribution >= 4 is 11.6 Å².